The molecule has 0 heterocycles. The zero-order valence-electron chi connectivity index (χ0n) is 35.4. The van der Waals surface area contributed by atoms with Crippen molar-refractivity contribution in [2.45, 2.75) is 61.5 Å². The average molecular weight is 877 g/mol. The highest BCUT2D eigenvalue weighted by Crippen LogP contribution is 2.33. The van der Waals surface area contributed by atoms with E-state index in [0.717, 1.165) is 33.4 Å². The lowest BCUT2D eigenvalue weighted by Crippen LogP contribution is -2.00. The van der Waals surface area contributed by atoms with E-state index in [9.17, 15) is 30.0 Å². The fourth-order valence-electron chi connectivity index (χ4n) is 5.84. The van der Waals surface area contributed by atoms with Crippen molar-refractivity contribution >= 4 is 46.1 Å². The number of benzene rings is 5. The smallest absolute Gasteiger partial charge is 0.189 e. The second kappa shape index (κ2) is 25.9. The van der Waals surface area contributed by atoms with Crippen molar-refractivity contribution in [2.24, 2.45) is 0 Å². The number of aryl methyl sites for hydroxylation is 1. The fourth-order valence-corrected chi connectivity index (χ4v) is 5.84. The first-order valence-electron chi connectivity index (χ1n) is 19.2. The number of hydrogen-bond acceptors (Lipinski definition) is 11. The molecule has 0 aliphatic rings. The Morgan fingerprint density at radius 2 is 1.13 bits per heavy atom. The maximum absolute atomic E-state index is 12.8. The van der Waals surface area contributed by atoms with Gasteiger partial charge in [-0.2, -0.15) is 0 Å². The maximum Gasteiger partial charge on any atom is 0.189 e. The van der Waals surface area contributed by atoms with Crippen LogP contribution in [0.2, 0.25) is 0 Å². The highest BCUT2D eigenvalue weighted by atomic mass is 32.8. The van der Waals surface area contributed by atoms with E-state index >= 15 is 0 Å². The number of phenolic OH excluding ortho intramolecular Hbond substituents is 4. The largest absolute Gasteiger partial charge is 0.508 e. The number of rotatable bonds is 15. The predicted molar refractivity (Wildman–Crippen MR) is 256 cm³/mol. The van der Waals surface area contributed by atoms with Gasteiger partial charge in [-0.15, -0.1) is 0 Å². The second-order valence-corrected chi connectivity index (χ2v) is 14.2. The Balaban J connectivity index is 0.000000414. The summed E-state index contributed by atoms with van der Waals surface area (Å²) >= 11 is 7.33. The third kappa shape index (κ3) is 15.2. The zero-order chi connectivity index (χ0) is 45.1. The van der Waals surface area contributed by atoms with Crippen molar-refractivity contribution in [1.82, 2.24) is 0 Å². The molecule has 326 valence electrons. The van der Waals surface area contributed by atoms with Crippen molar-refractivity contribution < 1.29 is 44.2 Å². The Kier molecular flexibility index (Phi) is 21.6. The molecule has 0 saturated carbocycles. The highest BCUT2D eigenvalue weighted by molar-refractivity contribution is 8.07. The summed E-state index contributed by atoms with van der Waals surface area (Å²) in [5, 5.41) is 40.5. The lowest BCUT2D eigenvalue weighted by molar-refractivity contribution is 0.103. The molecule has 0 saturated heterocycles. The molecule has 0 radical (unpaired) electrons. The van der Waals surface area contributed by atoms with Crippen LogP contribution in [0.4, 0.5) is 0 Å². The minimum atomic E-state index is -0.406. The van der Waals surface area contributed by atoms with Crippen molar-refractivity contribution in [3.8, 4) is 40.2 Å². The number of aromatic hydroxyl groups is 4. The zero-order valence-corrected chi connectivity index (χ0v) is 37.0. The average Bonchev–Trinajstić information content (AvgIpc) is 3.25. The van der Waals surface area contributed by atoms with Crippen LogP contribution in [0.1, 0.15) is 89.2 Å². The Morgan fingerprint density at radius 1 is 0.629 bits per heavy atom. The van der Waals surface area contributed by atoms with Crippen LogP contribution >= 0.6 is 0 Å². The first kappa shape index (κ1) is 51.6. The van der Waals surface area contributed by atoms with E-state index in [4.69, 9.17) is 14.2 Å². The number of carbonyl (C=O) groups is 2. The Hall–Kier alpha value is -6.56. The Labute approximate surface area is 375 Å². The highest BCUT2D eigenvalue weighted by Gasteiger charge is 2.17. The molecule has 5 aromatic carbocycles. The lowest BCUT2D eigenvalue weighted by atomic mass is 9.97. The van der Waals surface area contributed by atoms with Crippen LogP contribution in [-0.4, -0.2) is 46.2 Å². The van der Waals surface area contributed by atoms with Crippen LogP contribution in [0.25, 0.3) is 12.2 Å². The van der Waals surface area contributed by atoms with Gasteiger partial charge in [0, 0.05) is 56.8 Å². The SMILES string of the molecule is C.COc1cc(O)ccc1/C=C/C(=O)c1ccc(O)c(CC=C(C)C)c1O.COc1cc(OCc2ccccc2)ccc1/C=C/C(=O)c1ccc(C)c(CC=C(C)C)c1O.S=S. The van der Waals surface area contributed by atoms with Gasteiger partial charge in [-0.25, -0.2) is 0 Å². The van der Waals surface area contributed by atoms with Gasteiger partial charge in [0.2, 0.25) is 0 Å². The third-order valence-corrected chi connectivity index (χ3v) is 9.23. The number of ketones is 2. The maximum atomic E-state index is 12.8. The molecule has 0 aliphatic heterocycles. The van der Waals surface area contributed by atoms with Crippen LogP contribution in [0.15, 0.2) is 126 Å². The summed E-state index contributed by atoms with van der Waals surface area (Å²) in [7, 11) is 3.05. The van der Waals surface area contributed by atoms with Crippen molar-refractivity contribution in [3.05, 3.63) is 171 Å². The monoisotopic (exact) mass is 876 g/mol. The van der Waals surface area contributed by atoms with E-state index < -0.39 is 5.78 Å². The summed E-state index contributed by atoms with van der Waals surface area (Å²) in [6, 6.07) is 26.3. The molecule has 0 fully saturated rings. The van der Waals surface area contributed by atoms with E-state index in [1.807, 2.05) is 95.3 Å². The van der Waals surface area contributed by atoms with Gasteiger partial charge in [0.25, 0.3) is 0 Å². The summed E-state index contributed by atoms with van der Waals surface area (Å²) in [6.07, 6.45) is 10.8. The molecule has 0 aromatic heterocycles. The number of hydrogen-bond donors (Lipinski definition) is 4. The standard InChI is InChI=1S/C29H30O4.C21H22O5.CH4.S2/c1-20(2)10-15-25-21(3)11-16-26(29(25)31)27(30)17-13-23-12-14-24(18-28(23)32-4)33-19-22-8-6-5-7-9-22;1-13(2)4-8-16-19(24)11-9-17(21(16)25)18(23)10-6-14-5-7-15(22)12-20(14)26-3;;1-2/h5-14,16-18,31H,15,19H2,1-4H3;4-7,9-12,22,24-25H,8H2,1-3H3;1H4;/b17-13+;10-6+;;. The summed E-state index contributed by atoms with van der Waals surface area (Å²) in [5.74, 6) is 0.850. The van der Waals surface area contributed by atoms with Crippen molar-refractivity contribution in [3.63, 3.8) is 0 Å². The van der Waals surface area contributed by atoms with E-state index in [0.29, 0.717) is 47.8 Å². The number of carbonyl (C=O) groups excluding carboxylic acids is 2. The quantitative estimate of drug-likeness (QED) is 0.0453. The number of phenols is 4. The molecule has 0 amide bonds. The van der Waals surface area contributed by atoms with Gasteiger partial charge in [0.1, 0.15) is 46.9 Å². The second-order valence-electron chi connectivity index (χ2n) is 14.2. The van der Waals surface area contributed by atoms with E-state index in [-0.39, 0.29) is 47.3 Å². The lowest BCUT2D eigenvalue weighted by Gasteiger charge is -2.11. The molecule has 9 nitrogen and oxygen atoms in total. The molecule has 11 heteroatoms. The van der Waals surface area contributed by atoms with Crippen molar-refractivity contribution in [2.75, 3.05) is 14.2 Å². The molecule has 0 unspecified atom stereocenters. The predicted octanol–water partition coefficient (Wildman–Crippen LogP) is 11.5. The molecule has 5 rings (SSSR count). The molecule has 5 aromatic rings. The van der Waals surface area contributed by atoms with E-state index in [2.05, 4.69) is 22.4 Å². The van der Waals surface area contributed by atoms with E-state index in [1.165, 1.54) is 43.5 Å². The third-order valence-electron chi connectivity index (χ3n) is 9.23. The van der Waals surface area contributed by atoms with Gasteiger partial charge in [-0.3, -0.25) is 9.59 Å². The first-order valence-corrected chi connectivity index (χ1v) is 20.5. The van der Waals surface area contributed by atoms with Crippen LogP contribution in [0.3, 0.4) is 0 Å². The first-order chi connectivity index (χ1) is 29.2. The Bertz CT molecular complexity index is 2410. The molecular formula is C51H56O9S2. The van der Waals surface area contributed by atoms with Crippen LogP contribution in [0.5, 0.6) is 40.2 Å². The molecule has 0 atom stereocenters. The number of allylic oxidation sites excluding steroid dienone is 6. The molecule has 0 bridgehead atoms. The van der Waals surface area contributed by atoms with Crippen LogP contribution in [-0.2, 0) is 41.8 Å². The molecule has 0 spiro atoms. The number of ether oxygens (including phenoxy) is 3. The van der Waals surface area contributed by atoms with Gasteiger partial charge in [-0.1, -0.05) is 67.1 Å². The molecule has 0 aliphatic carbocycles. The summed E-state index contributed by atoms with van der Waals surface area (Å²) in [4.78, 5) is 25.3. The summed E-state index contributed by atoms with van der Waals surface area (Å²) in [5.41, 5.74) is 7.07. The molecule has 4 N–H and O–H groups in total. The van der Waals surface area contributed by atoms with Crippen molar-refractivity contribution in [1.29, 1.82) is 0 Å². The summed E-state index contributed by atoms with van der Waals surface area (Å²) in [6.45, 7) is 10.2. The van der Waals surface area contributed by atoms with Crippen LogP contribution in [0, 0.1) is 6.92 Å². The van der Waals surface area contributed by atoms with Gasteiger partial charge in [-0.05, 0) is 125 Å². The van der Waals surface area contributed by atoms with E-state index in [1.54, 1.807) is 37.5 Å². The number of methoxy groups -OCH3 is 2. The van der Waals surface area contributed by atoms with Gasteiger partial charge < -0.3 is 34.6 Å². The van der Waals surface area contributed by atoms with Crippen LogP contribution < -0.4 is 14.2 Å². The molecular weight excluding hydrogens is 821 g/mol. The topological polar surface area (TPSA) is 143 Å². The van der Waals surface area contributed by atoms with Gasteiger partial charge >= 0.3 is 0 Å². The normalized spacial score (nSPS) is 10.3. The Morgan fingerprint density at radius 3 is 1.68 bits per heavy atom. The summed E-state index contributed by atoms with van der Waals surface area (Å²) < 4.78 is 16.5. The minimum Gasteiger partial charge on any atom is -0.508 e. The van der Waals surface area contributed by atoms with Gasteiger partial charge in [0.15, 0.2) is 11.6 Å². The van der Waals surface area contributed by atoms with Gasteiger partial charge in [0.05, 0.1) is 25.3 Å². The molecule has 62 heavy (non-hydrogen) atoms. The fraction of sp³-hybridized carbons (Fsp3) is 0.216. The minimum absolute atomic E-state index is 0.